The Kier molecular flexibility index (Phi) is 3.50. The zero-order chi connectivity index (χ0) is 15.1. The van der Waals surface area contributed by atoms with E-state index < -0.39 is 0 Å². The Morgan fingerprint density at radius 3 is 2.77 bits per heavy atom. The Bertz CT molecular complexity index is 724. The van der Waals surface area contributed by atoms with Crippen molar-refractivity contribution in [3.05, 3.63) is 45.4 Å². The maximum Gasteiger partial charge on any atom is 0.184 e. The van der Waals surface area contributed by atoms with Crippen LogP contribution in [0.2, 0.25) is 0 Å². The van der Waals surface area contributed by atoms with Crippen LogP contribution in [-0.2, 0) is 9.53 Å². The summed E-state index contributed by atoms with van der Waals surface area (Å²) in [5, 5.41) is 3.82. The first-order chi connectivity index (χ1) is 10.7. The van der Waals surface area contributed by atoms with Crippen LogP contribution in [0, 0.1) is 0 Å². The van der Waals surface area contributed by atoms with Crippen molar-refractivity contribution in [3.8, 4) is 0 Å². The van der Waals surface area contributed by atoms with Crippen LogP contribution in [0.1, 0.15) is 18.6 Å². The third-order valence-corrected chi connectivity index (χ3v) is 4.91. The van der Waals surface area contributed by atoms with Gasteiger partial charge in [0.2, 0.25) is 0 Å². The lowest BCUT2D eigenvalue weighted by Crippen LogP contribution is -2.36. The van der Waals surface area contributed by atoms with Gasteiger partial charge in [0.05, 0.1) is 23.9 Å². The molecule has 0 aromatic carbocycles. The van der Waals surface area contributed by atoms with Crippen molar-refractivity contribution in [3.63, 3.8) is 0 Å². The van der Waals surface area contributed by atoms with Gasteiger partial charge in [0.1, 0.15) is 0 Å². The zero-order valence-electron chi connectivity index (χ0n) is 12.0. The van der Waals surface area contributed by atoms with Crippen molar-refractivity contribution in [1.82, 2.24) is 10.1 Å². The summed E-state index contributed by atoms with van der Waals surface area (Å²) in [6.07, 6.45) is 6.92. The van der Waals surface area contributed by atoms with Crippen LogP contribution in [-0.4, -0.2) is 42.1 Å². The molecule has 0 unspecified atom stereocenters. The lowest BCUT2D eigenvalue weighted by Gasteiger charge is -2.33. The van der Waals surface area contributed by atoms with Gasteiger partial charge in [0.25, 0.3) is 0 Å². The highest BCUT2D eigenvalue weighted by molar-refractivity contribution is 9.10. The molecule has 114 valence electrons. The number of hydrogen-bond acceptors (Lipinski definition) is 5. The molecule has 5 nitrogen and oxygen atoms in total. The van der Waals surface area contributed by atoms with E-state index in [0.717, 1.165) is 46.4 Å². The van der Waals surface area contributed by atoms with Gasteiger partial charge in [-0.2, -0.15) is 0 Å². The minimum absolute atomic E-state index is 0.115. The van der Waals surface area contributed by atoms with E-state index in [1.165, 1.54) is 0 Å². The molecule has 0 N–H and O–H groups in total. The summed E-state index contributed by atoms with van der Waals surface area (Å²) in [4.78, 5) is 14.7. The van der Waals surface area contributed by atoms with E-state index in [1.807, 2.05) is 0 Å². The second kappa shape index (κ2) is 5.52. The minimum Gasteiger partial charge on any atom is -0.378 e. The predicted molar refractivity (Wildman–Crippen MR) is 83.9 cm³/mol. The number of carbonyl (C=O) groups is 1. The molecule has 22 heavy (non-hydrogen) atoms. The Morgan fingerprint density at radius 1 is 1.23 bits per heavy atom. The van der Waals surface area contributed by atoms with Crippen molar-refractivity contribution in [1.29, 1.82) is 0 Å². The Labute approximate surface area is 136 Å². The average molecular weight is 363 g/mol. The molecular weight excluding hydrogens is 348 g/mol. The Hall–Kier alpha value is -1.66. The number of rotatable bonds is 2. The molecule has 1 aliphatic heterocycles. The van der Waals surface area contributed by atoms with Crippen molar-refractivity contribution in [2.75, 3.05) is 26.3 Å². The van der Waals surface area contributed by atoms with E-state index in [-0.39, 0.29) is 5.78 Å². The molecule has 0 bridgehead atoms. The third-order valence-electron chi connectivity index (χ3n) is 4.34. The number of ketones is 1. The van der Waals surface area contributed by atoms with Gasteiger partial charge in [0, 0.05) is 42.4 Å². The SMILES string of the molecule is O=C1C=C(N2CCOCC2)CC2=C1CC=C2c1oncc1Br. The number of halogens is 1. The van der Waals surface area contributed by atoms with Crippen molar-refractivity contribution in [2.24, 2.45) is 0 Å². The Balaban J connectivity index is 1.64. The first-order valence-corrected chi connectivity index (χ1v) is 8.14. The Morgan fingerprint density at radius 2 is 2.05 bits per heavy atom. The highest BCUT2D eigenvalue weighted by Gasteiger charge is 2.31. The molecular formula is C16H15BrN2O3. The largest absolute Gasteiger partial charge is 0.378 e. The first-order valence-electron chi connectivity index (χ1n) is 7.35. The number of nitrogens with zero attached hydrogens (tertiary/aromatic N) is 2. The number of carbonyl (C=O) groups excluding carboxylic acids is 1. The lowest BCUT2D eigenvalue weighted by molar-refractivity contribution is -0.111. The zero-order valence-corrected chi connectivity index (χ0v) is 13.6. The molecule has 3 aliphatic rings. The molecule has 0 radical (unpaired) electrons. The summed E-state index contributed by atoms with van der Waals surface area (Å²) in [7, 11) is 0. The van der Waals surface area contributed by atoms with E-state index in [4.69, 9.17) is 9.26 Å². The van der Waals surface area contributed by atoms with Gasteiger partial charge in [-0.3, -0.25) is 4.79 Å². The average Bonchev–Trinajstić information content (AvgIpc) is 3.14. The molecule has 0 saturated carbocycles. The smallest absolute Gasteiger partial charge is 0.184 e. The molecule has 2 aliphatic carbocycles. The molecule has 0 atom stereocenters. The predicted octanol–water partition coefficient (Wildman–Crippen LogP) is 2.71. The summed E-state index contributed by atoms with van der Waals surface area (Å²) in [6, 6.07) is 0. The quantitative estimate of drug-likeness (QED) is 0.809. The fraction of sp³-hybridized carbons (Fsp3) is 0.375. The highest BCUT2D eigenvalue weighted by atomic mass is 79.9. The van der Waals surface area contributed by atoms with Crippen molar-refractivity contribution >= 4 is 27.3 Å². The van der Waals surface area contributed by atoms with E-state index in [2.05, 4.69) is 32.1 Å². The summed E-state index contributed by atoms with van der Waals surface area (Å²) in [5.41, 5.74) is 4.03. The summed E-state index contributed by atoms with van der Waals surface area (Å²) in [6.45, 7) is 3.11. The number of hydrogen-bond donors (Lipinski definition) is 0. The summed E-state index contributed by atoms with van der Waals surface area (Å²) >= 11 is 3.45. The summed E-state index contributed by atoms with van der Waals surface area (Å²) in [5.74, 6) is 0.825. The fourth-order valence-electron chi connectivity index (χ4n) is 3.22. The number of aromatic nitrogens is 1. The lowest BCUT2D eigenvalue weighted by atomic mass is 9.91. The molecule has 4 rings (SSSR count). The van der Waals surface area contributed by atoms with E-state index in [0.29, 0.717) is 25.4 Å². The van der Waals surface area contributed by atoms with Gasteiger partial charge in [-0.1, -0.05) is 11.2 Å². The molecule has 0 spiro atoms. The van der Waals surface area contributed by atoms with Crippen LogP contribution in [0.25, 0.3) is 5.57 Å². The molecule has 1 aromatic heterocycles. The number of morpholine rings is 1. The maximum atomic E-state index is 12.4. The van der Waals surface area contributed by atoms with Crippen molar-refractivity contribution < 1.29 is 14.1 Å². The highest BCUT2D eigenvalue weighted by Crippen LogP contribution is 2.42. The van der Waals surface area contributed by atoms with Crippen LogP contribution in [0.3, 0.4) is 0 Å². The molecule has 1 saturated heterocycles. The number of allylic oxidation sites excluding steroid dienone is 5. The van der Waals surface area contributed by atoms with Crippen LogP contribution in [0.4, 0.5) is 0 Å². The van der Waals surface area contributed by atoms with Crippen LogP contribution in [0.15, 0.2) is 44.2 Å². The van der Waals surface area contributed by atoms with Gasteiger partial charge < -0.3 is 14.2 Å². The van der Waals surface area contributed by atoms with Crippen LogP contribution < -0.4 is 0 Å². The van der Waals surface area contributed by atoms with Gasteiger partial charge in [-0.05, 0) is 27.9 Å². The molecule has 6 heteroatoms. The molecule has 2 heterocycles. The third kappa shape index (κ3) is 2.27. The number of ether oxygens (including phenoxy) is 1. The minimum atomic E-state index is 0.115. The molecule has 1 aromatic rings. The second-order valence-corrected chi connectivity index (χ2v) is 6.41. The van der Waals surface area contributed by atoms with Crippen LogP contribution in [0.5, 0.6) is 0 Å². The van der Waals surface area contributed by atoms with Crippen molar-refractivity contribution in [2.45, 2.75) is 12.8 Å². The fourth-order valence-corrected chi connectivity index (χ4v) is 3.59. The van der Waals surface area contributed by atoms with Gasteiger partial charge in [-0.25, -0.2) is 0 Å². The van der Waals surface area contributed by atoms with E-state index >= 15 is 0 Å². The van der Waals surface area contributed by atoms with Gasteiger partial charge in [-0.15, -0.1) is 0 Å². The normalized spacial score (nSPS) is 21.9. The van der Waals surface area contributed by atoms with E-state index in [9.17, 15) is 4.79 Å². The monoisotopic (exact) mass is 362 g/mol. The molecule has 1 fully saturated rings. The summed E-state index contributed by atoms with van der Waals surface area (Å²) < 4.78 is 11.6. The van der Waals surface area contributed by atoms with E-state index in [1.54, 1.807) is 12.3 Å². The molecule has 0 amide bonds. The van der Waals surface area contributed by atoms with Crippen LogP contribution >= 0.6 is 15.9 Å². The first kappa shape index (κ1) is 14.0. The topological polar surface area (TPSA) is 55.6 Å². The second-order valence-electron chi connectivity index (χ2n) is 5.56. The van der Waals surface area contributed by atoms with Gasteiger partial charge in [0.15, 0.2) is 11.5 Å². The van der Waals surface area contributed by atoms with Gasteiger partial charge >= 0.3 is 0 Å². The standard InChI is InChI=1S/C16H15BrN2O3/c17-14-9-18-22-16(14)12-2-1-11-13(12)7-10(8-15(11)20)19-3-5-21-6-4-19/h2,8-9H,1,3-7H2. The maximum absolute atomic E-state index is 12.4.